The topological polar surface area (TPSA) is 61.4 Å². The lowest BCUT2D eigenvalue weighted by Gasteiger charge is -2.21. The average molecular weight is 344 g/mol. The number of nitrogens with zero attached hydrogens (tertiary/aromatic N) is 1. The zero-order valence-electron chi connectivity index (χ0n) is 12.8. The zero-order valence-corrected chi connectivity index (χ0v) is 14.4. The number of hydrogen-bond donors (Lipinski definition) is 2. The van der Waals surface area contributed by atoms with E-state index in [1.54, 1.807) is 18.8 Å². The van der Waals surface area contributed by atoms with E-state index < -0.39 is 0 Å². The molecule has 0 spiro atoms. The van der Waals surface area contributed by atoms with Crippen molar-refractivity contribution in [2.24, 2.45) is 0 Å². The molecule has 1 atom stereocenters. The molecule has 2 rings (SSSR count). The highest BCUT2D eigenvalue weighted by atomic mass is 35.5. The maximum atomic E-state index is 12.1. The molecule has 1 aliphatic rings. The van der Waals surface area contributed by atoms with E-state index in [-0.39, 0.29) is 36.8 Å². The van der Waals surface area contributed by atoms with E-state index in [9.17, 15) is 9.59 Å². The van der Waals surface area contributed by atoms with Crippen molar-refractivity contribution < 1.29 is 9.59 Å². The summed E-state index contributed by atoms with van der Waals surface area (Å²) in [5.74, 6) is -0.189. The van der Waals surface area contributed by atoms with Gasteiger partial charge in [0.15, 0.2) is 0 Å². The second-order valence-electron chi connectivity index (χ2n) is 5.09. The van der Waals surface area contributed by atoms with Crippen molar-refractivity contribution in [3.05, 3.63) is 24.3 Å². The van der Waals surface area contributed by atoms with E-state index in [1.165, 1.54) is 4.90 Å². The third-order valence-electron chi connectivity index (χ3n) is 3.50. The van der Waals surface area contributed by atoms with Crippen LogP contribution in [0.5, 0.6) is 0 Å². The number of para-hydroxylation sites is 1. The normalized spacial score (nSPS) is 16.7. The van der Waals surface area contributed by atoms with Crippen molar-refractivity contribution in [1.82, 2.24) is 10.2 Å². The van der Waals surface area contributed by atoms with E-state index in [0.717, 1.165) is 30.0 Å². The number of thioether (sulfide) groups is 1. The summed E-state index contributed by atoms with van der Waals surface area (Å²) in [7, 11) is 1.67. The van der Waals surface area contributed by atoms with Crippen LogP contribution in [0.15, 0.2) is 29.2 Å². The Morgan fingerprint density at radius 3 is 2.77 bits per heavy atom. The van der Waals surface area contributed by atoms with Crippen LogP contribution in [0.4, 0.5) is 5.69 Å². The van der Waals surface area contributed by atoms with Gasteiger partial charge in [-0.25, -0.2) is 0 Å². The predicted octanol–water partition coefficient (Wildman–Crippen LogP) is 1.98. The lowest BCUT2D eigenvalue weighted by Crippen LogP contribution is -2.44. The van der Waals surface area contributed by atoms with E-state index in [4.69, 9.17) is 0 Å². The van der Waals surface area contributed by atoms with E-state index in [2.05, 4.69) is 10.6 Å². The lowest BCUT2D eigenvalue weighted by atomic mass is 10.2. The molecule has 1 aliphatic heterocycles. The Morgan fingerprint density at radius 1 is 1.41 bits per heavy atom. The molecule has 1 aromatic rings. The van der Waals surface area contributed by atoms with E-state index >= 15 is 0 Å². The van der Waals surface area contributed by atoms with Gasteiger partial charge in [-0.05, 0) is 37.8 Å². The molecule has 122 valence electrons. The highest BCUT2D eigenvalue weighted by Gasteiger charge is 2.25. The first-order valence-electron chi connectivity index (χ1n) is 7.03. The number of carbonyl (C=O) groups is 2. The number of halogens is 1. The van der Waals surface area contributed by atoms with Crippen LogP contribution < -0.4 is 10.6 Å². The third kappa shape index (κ3) is 4.90. The molecule has 22 heavy (non-hydrogen) atoms. The number of rotatable bonds is 5. The van der Waals surface area contributed by atoms with Crippen molar-refractivity contribution in [2.45, 2.75) is 23.8 Å². The molecule has 1 saturated heterocycles. The van der Waals surface area contributed by atoms with Crippen LogP contribution in [0.25, 0.3) is 0 Å². The van der Waals surface area contributed by atoms with E-state index in [0.29, 0.717) is 0 Å². The molecule has 1 unspecified atom stereocenters. The number of carbonyl (C=O) groups excluding carboxylic acids is 2. The van der Waals surface area contributed by atoms with Gasteiger partial charge < -0.3 is 15.5 Å². The minimum absolute atomic E-state index is 0. The molecule has 7 heteroatoms. The molecule has 0 saturated carbocycles. The van der Waals surface area contributed by atoms with Crippen LogP contribution in [0.2, 0.25) is 0 Å². The summed E-state index contributed by atoms with van der Waals surface area (Å²) < 4.78 is 0. The minimum Gasteiger partial charge on any atom is -0.335 e. The molecule has 2 amide bonds. The fourth-order valence-corrected chi connectivity index (χ4v) is 2.95. The van der Waals surface area contributed by atoms with Gasteiger partial charge in [0, 0.05) is 11.9 Å². The Bertz CT molecular complexity index is 521. The number of amides is 2. The van der Waals surface area contributed by atoms with Crippen LogP contribution in [0.1, 0.15) is 12.8 Å². The first-order chi connectivity index (χ1) is 10.1. The van der Waals surface area contributed by atoms with Crippen molar-refractivity contribution in [3.8, 4) is 0 Å². The largest absolute Gasteiger partial charge is 0.335 e. The monoisotopic (exact) mass is 343 g/mol. The van der Waals surface area contributed by atoms with Gasteiger partial charge in [-0.1, -0.05) is 12.1 Å². The second-order valence-corrected chi connectivity index (χ2v) is 5.94. The summed E-state index contributed by atoms with van der Waals surface area (Å²) in [6.07, 6.45) is 3.82. The van der Waals surface area contributed by atoms with Gasteiger partial charge in [-0.2, -0.15) is 0 Å². The van der Waals surface area contributed by atoms with Crippen molar-refractivity contribution in [1.29, 1.82) is 0 Å². The number of likely N-dealkylation sites (N-methyl/N-ethyl adjacent to an activating group) is 1. The molecule has 1 fully saturated rings. The van der Waals surface area contributed by atoms with Crippen LogP contribution in [-0.2, 0) is 9.59 Å². The fraction of sp³-hybridized carbons (Fsp3) is 0.467. The quantitative estimate of drug-likeness (QED) is 0.802. The lowest BCUT2D eigenvalue weighted by molar-refractivity contribution is -0.134. The molecule has 1 heterocycles. The summed E-state index contributed by atoms with van der Waals surface area (Å²) >= 11 is 1.58. The highest BCUT2D eigenvalue weighted by molar-refractivity contribution is 7.98. The standard InChI is InChI=1S/C15H21N3O2S.ClH/c1-18(15(20)12-7-5-9-16-12)10-14(19)17-11-6-3-4-8-13(11)21-2;/h3-4,6,8,12,16H,5,7,9-10H2,1-2H3,(H,17,19);1H. The van der Waals surface area contributed by atoms with Gasteiger partial charge in [-0.3, -0.25) is 9.59 Å². The van der Waals surface area contributed by atoms with Gasteiger partial charge in [0.2, 0.25) is 11.8 Å². The number of nitrogens with one attached hydrogen (secondary N) is 2. The van der Waals surface area contributed by atoms with Crippen molar-refractivity contribution >= 4 is 41.7 Å². The van der Waals surface area contributed by atoms with Crippen LogP contribution in [0, 0.1) is 0 Å². The van der Waals surface area contributed by atoms with Crippen LogP contribution in [0.3, 0.4) is 0 Å². The maximum Gasteiger partial charge on any atom is 0.244 e. The maximum absolute atomic E-state index is 12.1. The predicted molar refractivity (Wildman–Crippen MR) is 92.8 cm³/mol. The smallest absolute Gasteiger partial charge is 0.244 e. The van der Waals surface area contributed by atoms with Crippen LogP contribution in [-0.4, -0.2) is 49.1 Å². The average Bonchev–Trinajstić information content (AvgIpc) is 3.01. The number of anilines is 1. The summed E-state index contributed by atoms with van der Waals surface area (Å²) in [5, 5.41) is 6.02. The molecular weight excluding hydrogens is 322 g/mol. The van der Waals surface area contributed by atoms with Crippen molar-refractivity contribution in [2.75, 3.05) is 31.7 Å². The molecule has 0 aliphatic carbocycles. The molecule has 0 bridgehead atoms. The molecule has 2 N–H and O–H groups in total. The van der Waals surface area contributed by atoms with Gasteiger partial charge in [-0.15, -0.1) is 24.2 Å². The summed E-state index contributed by atoms with van der Waals surface area (Å²) in [5.41, 5.74) is 0.787. The van der Waals surface area contributed by atoms with Gasteiger partial charge in [0.25, 0.3) is 0 Å². The number of hydrogen-bond acceptors (Lipinski definition) is 4. The second kappa shape index (κ2) is 9.02. The van der Waals surface area contributed by atoms with Gasteiger partial charge in [0.1, 0.15) is 0 Å². The minimum atomic E-state index is -0.176. The molecular formula is C15H22ClN3O2S. The van der Waals surface area contributed by atoms with Gasteiger partial charge in [0.05, 0.1) is 18.3 Å². The third-order valence-corrected chi connectivity index (χ3v) is 4.29. The SMILES string of the molecule is CSc1ccccc1NC(=O)CN(C)C(=O)C1CCCN1.Cl. The fourth-order valence-electron chi connectivity index (χ4n) is 2.39. The van der Waals surface area contributed by atoms with Gasteiger partial charge >= 0.3 is 0 Å². The Hall–Kier alpha value is -1.24. The molecule has 0 aromatic heterocycles. The zero-order chi connectivity index (χ0) is 15.2. The molecule has 5 nitrogen and oxygen atoms in total. The Morgan fingerprint density at radius 2 is 2.14 bits per heavy atom. The molecule has 0 radical (unpaired) electrons. The Labute approximate surface area is 141 Å². The summed E-state index contributed by atoms with van der Waals surface area (Å²) in [6.45, 7) is 0.942. The van der Waals surface area contributed by atoms with E-state index in [1.807, 2.05) is 30.5 Å². The highest BCUT2D eigenvalue weighted by Crippen LogP contribution is 2.24. The summed E-state index contributed by atoms with van der Waals surface area (Å²) in [6, 6.07) is 7.50. The Kier molecular flexibility index (Phi) is 7.72. The van der Waals surface area contributed by atoms with Crippen LogP contribution >= 0.6 is 24.2 Å². The summed E-state index contributed by atoms with van der Waals surface area (Å²) in [4.78, 5) is 26.7. The molecule has 1 aromatic carbocycles. The number of benzene rings is 1. The first kappa shape index (κ1) is 18.8. The van der Waals surface area contributed by atoms with Crippen molar-refractivity contribution in [3.63, 3.8) is 0 Å². The Balaban J connectivity index is 0.00000242. The first-order valence-corrected chi connectivity index (χ1v) is 8.25.